The number of aromatic nitrogens is 2. The number of carbonyl (C=O) groups excluding carboxylic acids is 1. The van der Waals surface area contributed by atoms with Gasteiger partial charge in [0.1, 0.15) is 22.9 Å². The van der Waals surface area contributed by atoms with Gasteiger partial charge in [-0.2, -0.15) is 10.2 Å². The number of para-hydroxylation sites is 2. The molecule has 0 unspecified atom stereocenters. The largest absolute Gasteiger partial charge is 0.493 e. The van der Waals surface area contributed by atoms with Crippen LogP contribution in [0.2, 0.25) is 0 Å². The summed E-state index contributed by atoms with van der Waals surface area (Å²) < 4.78 is 17.4. The molecule has 0 radical (unpaired) electrons. The Kier molecular flexibility index (Phi) is 6.98. The second-order valence-corrected chi connectivity index (χ2v) is 6.24. The summed E-state index contributed by atoms with van der Waals surface area (Å²) in [6.45, 7) is 0.501. The summed E-state index contributed by atoms with van der Waals surface area (Å²) in [5.41, 5.74) is -0.464. The van der Waals surface area contributed by atoms with Gasteiger partial charge in [0.2, 0.25) is 5.88 Å². The third kappa shape index (κ3) is 4.88. The summed E-state index contributed by atoms with van der Waals surface area (Å²) in [7, 11) is 2.99. The van der Waals surface area contributed by atoms with Gasteiger partial charge in [-0.1, -0.05) is 18.2 Å². The van der Waals surface area contributed by atoms with Gasteiger partial charge in [-0.05, 0) is 30.3 Å². The molecule has 3 rings (SSSR count). The summed E-state index contributed by atoms with van der Waals surface area (Å²) in [6, 6.07) is 13.7. The van der Waals surface area contributed by atoms with Crippen molar-refractivity contribution in [2.75, 3.05) is 27.4 Å². The number of ether oxygens (including phenoxy) is 3. The Balaban J connectivity index is 2.13. The zero-order valence-corrected chi connectivity index (χ0v) is 17.0. The lowest BCUT2D eigenvalue weighted by atomic mass is 10.1. The van der Waals surface area contributed by atoms with Gasteiger partial charge in [0.25, 0.3) is 11.5 Å². The highest BCUT2D eigenvalue weighted by Crippen LogP contribution is 2.31. The maximum absolute atomic E-state index is 13.1. The van der Waals surface area contributed by atoms with Crippen LogP contribution in [0.4, 0.5) is 0 Å². The van der Waals surface area contributed by atoms with Gasteiger partial charge in [-0.3, -0.25) is 14.0 Å². The molecular formula is C22H20N4O5. The molecular weight excluding hydrogens is 400 g/mol. The first-order valence-electron chi connectivity index (χ1n) is 9.30. The number of hydrogen-bond acceptors (Lipinski definition) is 7. The van der Waals surface area contributed by atoms with Crippen LogP contribution in [0.1, 0.15) is 5.56 Å². The van der Waals surface area contributed by atoms with Crippen molar-refractivity contribution in [3.63, 3.8) is 0 Å². The molecule has 0 atom stereocenters. The number of methoxy groups -OCH3 is 2. The van der Waals surface area contributed by atoms with E-state index in [0.717, 1.165) is 0 Å². The van der Waals surface area contributed by atoms with Crippen molar-refractivity contribution >= 4 is 17.6 Å². The van der Waals surface area contributed by atoms with Crippen LogP contribution in [0.3, 0.4) is 0 Å². The molecule has 0 bridgehead atoms. The molecule has 2 heterocycles. The van der Waals surface area contributed by atoms with E-state index >= 15 is 0 Å². The average molecular weight is 420 g/mol. The van der Waals surface area contributed by atoms with Crippen LogP contribution in [0.5, 0.6) is 17.4 Å². The molecule has 0 fully saturated rings. The Morgan fingerprint density at radius 3 is 2.65 bits per heavy atom. The van der Waals surface area contributed by atoms with E-state index < -0.39 is 11.5 Å². The Bertz CT molecular complexity index is 1230. The quantitative estimate of drug-likeness (QED) is 0.337. The van der Waals surface area contributed by atoms with Crippen LogP contribution < -0.4 is 20.3 Å². The number of nitrogens with zero attached hydrogens (tertiary/aromatic N) is 3. The molecule has 9 nitrogen and oxygen atoms in total. The molecule has 1 N–H and O–H groups in total. The van der Waals surface area contributed by atoms with Crippen molar-refractivity contribution in [1.29, 1.82) is 5.26 Å². The Labute approximate surface area is 178 Å². The van der Waals surface area contributed by atoms with Gasteiger partial charge >= 0.3 is 0 Å². The van der Waals surface area contributed by atoms with E-state index in [1.807, 2.05) is 6.07 Å². The van der Waals surface area contributed by atoms with E-state index in [4.69, 9.17) is 14.2 Å². The van der Waals surface area contributed by atoms with E-state index in [9.17, 15) is 14.9 Å². The number of fused-ring (bicyclic) bond motifs is 1. The van der Waals surface area contributed by atoms with Crippen molar-refractivity contribution in [3.8, 4) is 23.4 Å². The normalized spacial score (nSPS) is 11.1. The summed E-state index contributed by atoms with van der Waals surface area (Å²) in [6.07, 6.45) is 2.71. The molecule has 0 spiro atoms. The average Bonchev–Trinajstić information content (AvgIpc) is 2.79. The number of benzene rings is 1. The molecule has 31 heavy (non-hydrogen) atoms. The molecule has 1 amide bonds. The lowest BCUT2D eigenvalue weighted by Gasteiger charge is -2.12. The van der Waals surface area contributed by atoms with E-state index in [0.29, 0.717) is 17.1 Å². The maximum Gasteiger partial charge on any atom is 0.269 e. The van der Waals surface area contributed by atoms with Crippen LogP contribution in [-0.4, -0.2) is 42.7 Å². The predicted octanol–water partition coefficient (Wildman–Crippen LogP) is 2.16. The fourth-order valence-corrected chi connectivity index (χ4v) is 2.75. The molecule has 0 aliphatic carbocycles. The highest BCUT2D eigenvalue weighted by atomic mass is 16.5. The maximum atomic E-state index is 13.1. The first kappa shape index (κ1) is 21.5. The molecule has 3 aromatic rings. The van der Waals surface area contributed by atoms with Gasteiger partial charge < -0.3 is 19.5 Å². The molecule has 0 saturated heterocycles. The van der Waals surface area contributed by atoms with E-state index in [1.54, 1.807) is 48.7 Å². The molecule has 2 aromatic heterocycles. The standard InChI is InChI=1S/C22H20N4O5/c1-29-12-10-24-20(27)15(14-23)13-16-21(31-18-8-4-3-7-17(18)30-2)25-19-9-5-6-11-26(19)22(16)28/h3-9,11,13H,10,12H2,1-2H3,(H,24,27). The second kappa shape index (κ2) is 10.0. The molecule has 9 heteroatoms. The van der Waals surface area contributed by atoms with Crippen LogP contribution in [-0.2, 0) is 9.53 Å². The van der Waals surface area contributed by atoms with Crippen molar-refractivity contribution in [3.05, 3.63) is 70.2 Å². The van der Waals surface area contributed by atoms with Gasteiger partial charge in [-0.25, -0.2) is 0 Å². The van der Waals surface area contributed by atoms with Crippen molar-refractivity contribution in [1.82, 2.24) is 14.7 Å². The lowest BCUT2D eigenvalue weighted by Crippen LogP contribution is -2.28. The predicted molar refractivity (Wildman–Crippen MR) is 113 cm³/mol. The van der Waals surface area contributed by atoms with Gasteiger partial charge in [0.05, 0.1) is 13.7 Å². The lowest BCUT2D eigenvalue weighted by molar-refractivity contribution is -0.117. The minimum atomic E-state index is -0.639. The van der Waals surface area contributed by atoms with Crippen LogP contribution in [0.25, 0.3) is 11.7 Å². The fourth-order valence-electron chi connectivity index (χ4n) is 2.75. The molecule has 0 aliphatic heterocycles. The zero-order chi connectivity index (χ0) is 22.2. The number of nitrogens with one attached hydrogen (secondary N) is 1. The van der Waals surface area contributed by atoms with Gasteiger partial charge in [0, 0.05) is 19.9 Å². The highest BCUT2D eigenvalue weighted by Gasteiger charge is 2.18. The molecule has 158 valence electrons. The number of hydrogen-bond donors (Lipinski definition) is 1. The minimum absolute atomic E-state index is 0.0481. The molecule has 1 aromatic carbocycles. The minimum Gasteiger partial charge on any atom is -0.493 e. The van der Waals surface area contributed by atoms with Crippen LogP contribution in [0.15, 0.2) is 59.0 Å². The fraction of sp³-hybridized carbons (Fsp3) is 0.182. The summed E-state index contributed by atoms with van der Waals surface area (Å²) >= 11 is 0. The van der Waals surface area contributed by atoms with Crippen LogP contribution >= 0.6 is 0 Å². The van der Waals surface area contributed by atoms with E-state index in [2.05, 4.69) is 10.3 Å². The smallest absolute Gasteiger partial charge is 0.269 e. The number of rotatable bonds is 8. The van der Waals surface area contributed by atoms with Crippen LogP contribution in [0, 0.1) is 11.3 Å². The second-order valence-electron chi connectivity index (χ2n) is 6.24. The van der Waals surface area contributed by atoms with Crippen molar-refractivity contribution in [2.24, 2.45) is 0 Å². The Morgan fingerprint density at radius 2 is 1.94 bits per heavy atom. The Morgan fingerprint density at radius 1 is 1.19 bits per heavy atom. The van der Waals surface area contributed by atoms with Gasteiger partial charge in [0.15, 0.2) is 11.5 Å². The number of carbonyl (C=O) groups is 1. The highest BCUT2D eigenvalue weighted by molar-refractivity contribution is 6.01. The van der Waals surface area contributed by atoms with Gasteiger partial charge in [-0.15, -0.1) is 0 Å². The summed E-state index contributed by atoms with van der Waals surface area (Å²) in [4.78, 5) is 29.9. The zero-order valence-electron chi connectivity index (χ0n) is 17.0. The molecule has 0 aliphatic rings. The van der Waals surface area contributed by atoms with Crippen molar-refractivity contribution < 1.29 is 19.0 Å². The third-order valence-corrected chi connectivity index (χ3v) is 4.26. The monoisotopic (exact) mass is 420 g/mol. The third-order valence-electron chi connectivity index (χ3n) is 4.26. The topological polar surface area (TPSA) is 115 Å². The first-order valence-corrected chi connectivity index (χ1v) is 9.30. The van der Waals surface area contributed by atoms with E-state index in [-0.39, 0.29) is 30.2 Å². The first-order chi connectivity index (χ1) is 15.1. The van der Waals surface area contributed by atoms with E-state index in [1.165, 1.54) is 24.7 Å². The number of pyridine rings is 1. The molecule has 0 saturated carbocycles. The SMILES string of the molecule is COCCNC(=O)C(C#N)=Cc1c(Oc2ccccc2OC)nc2ccccn2c1=O. The summed E-state index contributed by atoms with van der Waals surface area (Å²) in [5, 5.41) is 12.0. The number of amides is 1. The Hall–Kier alpha value is -4.16. The van der Waals surface area contributed by atoms with Crippen molar-refractivity contribution in [2.45, 2.75) is 0 Å². The summed E-state index contributed by atoms with van der Waals surface area (Å²) in [5.74, 6) is 0.0682. The number of nitriles is 1.